The van der Waals surface area contributed by atoms with Crippen LogP contribution in [0, 0.1) is 5.92 Å². The fourth-order valence-electron chi connectivity index (χ4n) is 3.87. The van der Waals surface area contributed by atoms with Crippen molar-refractivity contribution in [3.05, 3.63) is 35.7 Å². The number of anilines is 1. The maximum Gasteiger partial charge on any atom is 0.228 e. The third-order valence-electron chi connectivity index (χ3n) is 5.36. The minimum atomic E-state index is -0.260. The Bertz CT molecular complexity index is 914. The van der Waals surface area contributed by atoms with Gasteiger partial charge in [-0.3, -0.25) is 14.6 Å². The zero-order valence-electron chi connectivity index (χ0n) is 16.4. The normalized spacial score (nSPS) is 19.0. The smallest absolute Gasteiger partial charge is 0.228 e. The van der Waals surface area contributed by atoms with Crippen LogP contribution in [0.3, 0.4) is 0 Å². The summed E-state index contributed by atoms with van der Waals surface area (Å²) in [5, 5.41) is 0. The number of carbonyl (C=O) groups excluding carboxylic acids is 2. The van der Waals surface area contributed by atoms with E-state index in [-0.39, 0.29) is 17.7 Å². The Balaban J connectivity index is 1.64. The molecular weight excluding hydrogens is 356 g/mol. The fourth-order valence-corrected chi connectivity index (χ4v) is 3.87. The minimum absolute atomic E-state index is 0.0328. The Labute approximate surface area is 164 Å². The largest absolute Gasteiger partial charge is 0.362 e. The lowest BCUT2D eigenvalue weighted by molar-refractivity contribution is -0.136. The summed E-state index contributed by atoms with van der Waals surface area (Å²) in [4.78, 5) is 44.0. The van der Waals surface area contributed by atoms with Gasteiger partial charge in [-0.05, 0) is 18.6 Å². The Morgan fingerprint density at radius 2 is 2.07 bits per heavy atom. The summed E-state index contributed by atoms with van der Waals surface area (Å²) in [6.07, 6.45) is 2.72. The molecule has 1 unspecified atom stereocenters. The molecule has 0 N–H and O–H groups in total. The molecule has 1 atom stereocenters. The molecule has 2 aliphatic rings. The molecule has 2 aromatic heterocycles. The first-order valence-corrected chi connectivity index (χ1v) is 9.45. The third kappa shape index (κ3) is 3.30. The third-order valence-corrected chi connectivity index (χ3v) is 5.36. The van der Waals surface area contributed by atoms with Gasteiger partial charge in [0, 0.05) is 52.4 Å². The second kappa shape index (κ2) is 7.18. The van der Waals surface area contributed by atoms with Gasteiger partial charge in [-0.25, -0.2) is 9.97 Å². The molecule has 0 saturated carbocycles. The van der Waals surface area contributed by atoms with Crippen molar-refractivity contribution in [3.8, 4) is 11.5 Å². The van der Waals surface area contributed by atoms with Gasteiger partial charge in [0.2, 0.25) is 11.8 Å². The summed E-state index contributed by atoms with van der Waals surface area (Å²) in [6, 6.07) is 5.64. The summed E-state index contributed by atoms with van der Waals surface area (Å²) >= 11 is 0. The van der Waals surface area contributed by atoms with Gasteiger partial charge in [0.1, 0.15) is 11.5 Å². The highest BCUT2D eigenvalue weighted by atomic mass is 16.2. The molecular formula is C20H24N6O2. The number of nitrogens with zero attached hydrogens (tertiary/aromatic N) is 6. The highest BCUT2D eigenvalue weighted by Crippen LogP contribution is 2.29. The van der Waals surface area contributed by atoms with Gasteiger partial charge in [-0.1, -0.05) is 6.07 Å². The van der Waals surface area contributed by atoms with Gasteiger partial charge in [0.15, 0.2) is 5.82 Å². The van der Waals surface area contributed by atoms with Crippen LogP contribution in [0.15, 0.2) is 24.4 Å². The first-order valence-electron chi connectivity index (χ1n) is 9.45. The van der Waals surface area contributed by atoms with E-state index in [2.05, 4.69) is 4.98 Å². The van der Waals surface area contributed by atoms with Crippen LogP contribution in [0.5, 0.6) is 0 Å². The number of fused-ring (bicyclic) bond motifs is 1. The predicted molar refractivity (Wildman–Crippen MR) is 104 cm³/mol. The van der Waals surface area contributed by atoms with E-state index >= 15 is 0 Å². The maximum absolute atomic E-state index is 13.0. The summed E-state index contributed by atoms with van der Waals surface area (Å²) in [6.45, 7) is 1.55. The van der Waals surface area contributed by atoms with Crippen molar-refractivity contribution in [1.29, 1.82) is 0 Å². The van der Waals surface area contributed by atoms with Crippen molar-refractivity contribution < 1.29 is 9.59 Å². The van der Waals surface area contributed by atoms with E-state index in [1.807, 2.05) is 42.1 Å². The molecule has 1 fully saturated rings. The summed E-state index contributed by atoms with van der Waals surface area (Å²) < 4.78 is 0. The minimum Gasteiger partial charge on any atom is -0.362 e. The van der Waals surface area contributed by atoms with Crippen LogP contribution in [0.2, 0.25) is 0 Å². The van der Waals surface area contributed by atoms with Crippen molar-refractivity contribution in [2.24, 2.45) is 5.92 Å². The number of likely N-dealkylation sites (tertiary alicyclic amines) is 1. The lowest BCUT2D eigenvalue weighted by Crippen LogP contribution is -2.41. The number of carbonyl (C=O) groups is 2. The van der Waals surface area contributed by atoms with Crippen LogP contribution in [-0.2, 0) is 22.6 Å². The molecule has 4 rings (SSSR count). The van der Waals surface area contributed by atoms with Gasteiger partial charge in [0.25, 0.3) is 0 Å². The predicted octanol–water partition coefficient (Wildman–Crippen LogP) is 0.968. The van der Waals surface area contributed by atoms with Crippen molar-refractivity contribution in [2.45, 2.75) is 19.4 Å². The number of aromatic nitrogens is 3. The topological polar surface area (TPSA) is 82.5 Å². The van der Waals surface area contributed by atoms with Crippen molar-refractivity contribution in [1.82, 2.24) is 24.8 Å². The lowest BCUT2D eigenvalue weighted by atomic mass is 10.0. The monoisotopic (exact) mass is 380 g/mol. The fraction of sp³-hybridized carbons (Fsp3) is 0.450. The Hall–Kier alpha value is -3.03. The average Bonchev–Trinajstić information content (AvgIpc) is 3.05. The standard InChI is InChI=1S/C20H24N6O2/c1-24(2)19-14-7-9-26(20(28)13-10-17(27)25(3)11-13)12-16(14)22-18(23-19)15-6-4-5-8-21-15/h4-6,8,13H,7,9-12H2,1-3H3. The molecule has 146 valence electrons. The molecule has 8 heteroatoms. The Morgan fingerprint density at radius 3 is 2.71 bits per heavy atom. The first-order chi connectivity index (χ1) is 13.4. The molecule has 0 radical (unpaired) electrons. The quantitative estimate of drug-likeness (QED) is 0.789. The molecule has 0 aliphatic carbocycles. The summed E-state index contributed by atoms with van der Waals surface area (Å²) in [5.74, 6) is 1.24. The van der Waals surface area contributed by atoms with E-state index in [1.165, 1.54) is 0 Å². The van der Waals surface area contributed by atoms with E-state index in [1.54, 1.807) is 18.1 Å². The van der Waals surface area contributed by atoms with Crippen molar-refractivity contribution in [2.75, 3.05) is 39.1 Å². The number of amides is 2. The van der Waals surface area contributed by atoms with Crippen LogP contribution >= 0.6 is 0 Å². The molecule has 8 nitrogen and oxygen atoms in total. The van der Waals surface area contributed by atoms with Crippen LogP contribution < -0.4 is 4.90 Å². The van der Waals surface area contributed by atoms with E-state index < -0.39 is 0 Å². The van der Waals surface area contributed by atoms with E-state index in [0.717, 1.165) is 17.1 Å². The zero-order chi connectivity index (χ0) is 19.8. The second-order valence-corrected chi connectivity index (χ2v) is 7.59. The van der Waals surface area contributed by atoms with E-state index in [4.69, 9.17) is 9.97 Å². The van der Waals surface area contributed by atoms with Crippen LogP contribution in [-0.4, -0.2) is 70.8 Å². The molecule has 0 spiro atoms. The molecule has 4 heterocycles. The van der Waals surface area contributed by atoms with Crippen molar-refractivity contribution in [3.63, 3.8) is 0 Å². The van der Waals surface area contributed by atoms with Gasteiger partial charge in [0.05, 0.1) is 18.2 Å². The van der Waals surface area contributed by atoms with Gasteiger partial charge in [-0.2, -0.15) is 0 Å². The molecule has 2 aromatic rings. The van der Waals surface area contributed by atoms with Gasteiger partial charge >= 0.3 is 0 Å². The van der Waals surface area contributed by atoms with Crippen LogP contribution in [0.4, 0.5) is 5.82 Å². The second-order valence-electron chi connectivity index (χ2n) is 7.59. The van der Waals surface area contributed by atoms with E-state index in [0.29, 0.717) is 44.0 Å². The van der Waals surface area contributed by atoms with Crippen LogP contribution in [0.1, 0.15) is 17.7 Å². The lowest BCUT2D eigenvalue weighted by Gasteiger charge is -2.32. The maximum atomic E-state index is 13.0. The summed E-state index contributed by atoms with van der Waals surface area (Å²) in [7, 11) is 5.67. The number of hydrogen-bond donors (Lipinski definition) is 0. The number of pyridine rings is 1. The van der Waals surface area contributed by atoms with Crippen LogP contribution in [0.25, 0.3) is 11.5 Å². The Kier molecular flexibility index (Phi) is 4.70. The molecule has 2 amide bonds. The summed E-state index contributed by atoms with van der Waals surface area (Å²) in [5.41, 5.74) is 2.64. The Morgan fingerprint density at radius 1 is 1.25 bits per heavy atom. The molecule has 28 heavy (non-hydrogen) atoms. The molecule has 1 saturated heterocycles. The van der Waals surface area contributed by atoms with Crippen molar-refractivity contribution >= 4 is 17.6 Å². The molecule has 0 bridgehead atoms. The average molecular weight is 380 g/mol. The zero-order valence-corrected chi connectivity index (χ0v) is 16.4. The van der Waals surface area contributed by atoms with Gasteiger partial charge < -0.3 is 14.7 Å². The first kappa shape index (κ1) is 18.3. The number of hydrogen-bond acceptors (Lipinski definition) is 6. The van der Waals surface area contributed by atoms with E-state index in [9.17, 15) is 9.59 Å². The van der Waals surface area contributed by atoms with Gasteiger partial charge in [-0.15, -0.1) is 0 Å². The highest BCUT2D eigenvalue weighted by Gasteiger charge is 2.36. The SMILES string of the molecule is CN1CC(C(=O)N2CCc3c(nc(-c4ccccn4)nc3N(C)C)C2)CC1=O. The molecule has 2 aliphatic heterocycles. The highest BCUT2D eigenvalue weighted by molar-refractivity contribution is 5.89. The number of rotatable bonds is 3. The molecule has 0 aromatic carbocycles.